The molecular formula is C27H36O8. The number of aliphatic hydroxyl groups excluding tert-OH is 1. The molecule has 3 N–H and O–H groups in total. The maximum absolute atomic E-state index is 13.1. The van der Waals surface area contributed by atoms with E-state index in [2.05, 4.69) is 0 Å². The largest absolute Gasteiger partial charge is 0.454 e. The highest BCUT2D eigenvalue weighted by Crippen LogP contribution is 2.77. The molecule has 0 radical (unpaired) electrons. The van der Waals surface area contributed by atoms with Gasteiger partial charge in [0, 0.05) is 48.0 Å². The van der Waals surface area contributed by atoms with Crippen molar-refractivity contribution in [3.8, 4) is 0 Å². The molecule has 0 unspecified atom stereocenters. The summed E-state index contributed by atoms with van der Waals surface area (Å²) in [6, 6.07) is 0. The highest BCUT2D eigenvalue weighted by molar-refractivity contribution is 6.04. The molecule has 2 fully saturated rings. The topological polar surface area (TPSA) is 130 Å². The standard InChI is InChI=1S/C27H36O8/c1-8-13(2)23(31)34-22-15(4)26(33)18(20-24(6,7)27(20,22)35-16(5)29)10-17(12-28)11-25(32)19(26)9-14(3)21(25)30/h8-10,15,18-20,22,28,32-33H,11-12H2,1-7H3/b13-8-/t15-,18+,19-,20-,22-,25-,26-,27-/m1/s1. The maximum atomic E-state index is 13.1. The van der Waals surface area contributed by atoms with Crippen LogP contribution in [-0.2, 0) is 23.9 Å². The quantitative estimate of drug-likeness (QED) is 0.311. The Balaban J connectivity index is 1.96. The zero-order valence-corrected chi connectivity index (χ0v) is 21.4. The van der Waals surface area contributed by atoms with E-state index < -0.39 is 76.3 Å². The number of hydrogen-bond donors (Lipinski definition) is 3. The fourth-order valence-electron chi connectivity index (χ4n) is 7.39. The van der Waals surface area contributed by atoms with E-state index in [1.807, 2.05) is 13.8 Å². The molecule has 2 saturated carbocycles. The summed E-state index contributed by atoms with van der Waals surface area (Å²) in [4.78, 5) is 38.4. The first-order valence-corrected chi connectivity index (χ1v) is 12.2. The smallest absolute Gasteiger partial charge is 0.333 e. The number of aliphatic hydroxyl groups is 3. The van der Waals surface area contributed by atoms with E-state index >= 15 is 0 Å². The van der Waals surface area contributed by atoms with Crippen molar-refractivity contribution in [2.45, 2.75) is 77.8 Å². The van der Waals surface area contributed by atoms with Gasteiger partial charge in [-0.25, -0.2) is 4.79 Å². The fourth-order valence-corrected chi connectivity index (χ4v) is 7.39. The summed E-state index contributed by atoms with van der Waals surface area (Å²) >= 11 is 0. The Morgan fingerprint density at radius 3 is 2.37 bits per heavy atom. The molecular weight excluding hydrogens is 452 g/mol. The Kier molecular flexibility index (Phi) is 5.79. The van der Waals surface area contributed by atoms with Gasteiger partial charge in [-0.1, -0.05) is 39.0 Å². The van der Waals surface area contributed by atoms with Crippen LogP contribution in [-0.4, -0.2) is 62.6 Å². The third-order valence-corrected chi connectivity index (χ3v) is 9.26. The molecule has 192 valence electrons. The van der Waals surface area contributed by atoms with Gasteiger partial charge >= 0.3 is 11.9 Å². The van der Waals surface area contributed by atoms with E-state index in [4.69, 9.17) is 9.47 Å². The van der Waals surface area contributed by atoms with Gasteiger partial charge in [-0.2, -0.15) is 0 Å². The van der Waals surface area contributed by atoms with Gasteiger partial charge in [0.2, 0.25) is 0 Å². The van der Waals surface area contributed by atoms with Crippen LogP contribution in [0.3, 0.4) is 0 Å². The van der Waals surface area contributed by atoms with Crippen molar-refractivity contribution in [1.29, 1.82) is 0 Å². The molecule has 8 heteroatoms. The monoisotopic (exact) mass is 488 g/mol. The lowest BCUT2D eigenvalue weighted by molar-refractivity contribution is -0.227. The van der Waals surface area contributed by atoms with Crippen LogP contribution in [0.1, 0.15) is 54.9 Å². The second-order valence-corrected chi connectivity index (χ2v) is 11.3. The molecule has 0 amide bonds. The van der Waals surface area contributed by atoms with Gasteiger partial charge in [0.05, 0.1) is 12.2 Å². The zero-order chi connectivity index (χ0) is 26.3. The average Bonchev–Trinajstić information content (AvgIpc) is 3.21. The molecule has 0 saturated heterocycles. The molecule has 0 aromatic carbocycles. The number of rotatable bonds is 4. The summed E-state index contributed by atoms with van der Waals surface area (Å²) in [5, 5.41) is 34.3. The molecule has 0 spiro atoms. The van der Waals surface area contributed by atoms with Crippen molar-refractivity contribution in [3.05, 3.63) is 34.9 Å². The minimum absolute atomic E-state index is 0.123. The highest BCUT2D eigenvalue weighted by atomic mass is 16.6. The first kappa shape index (κ1) is 25.8. The summed E-state index contributed by atoms with van der Waals surface area (Å²) < 4.78 is 12.0. The highest BCUT2D eigenvalue weighted by Gasteiger charge is 2.87. The Bertz CT molecular complexity index is 1080. The molecule has 0 aromatic rings. The third-order valence-electron chi connectivity index (χ3n) is 9.26. The van der Waals surface area contributed by atoms with E-state index in [9.17, 15) is 29.7 Å². The van der Waals surface area contributed by atoms with Crippen LogP contribution >= 0.6 is 0 Å². The first-order chi connectivity index (χ1) is 16.1. The summed E-state index contributed by atoms with van der Waals surface area (Å²) in [6.45, 7) is 11.3. The van der Waals surface area contributed by atoms with Crippen molar-refractivity contribution in [2.24, 2.45) is 29.1 Å². The average molecular weight is 489 g/mol. The van der Waals surface area contributed by atoms with Crippen molar-refractivity contribution < 1.29 is 39.2 Å². The molecule has 4 aliphatic rings. The molecule has 8 atom stereocenters. The van der Waals surface area contributed by atoms with Gasteiger partial charge in [0.1, 0.15) is 11.7 Å². The summed E-state index contributed by atoms with van der Waals surface area (Å²) in [5.41, 5.74) is -4.47. The van der Waals surface area contributed by atoms with E-state index in [0.29, 0.717) is 16.7 Å². The summed E-state index contributed by atoms with van der Waals surface area (Å²) in [5.74, 6) is -4.63. The van der Waals surface area contributed by atoms with Crippen molar-refractivity contribution >= 4 is 17.7 Å². The number of ketones is 1. The minimum atomic E-state index is -1.94. The molecule has 4 aliphatic carbocycles. The number of fused-ring (bicyclic) bond motifs is 5. The fraction of sp³-hybridized carbons (Fsp3) is 0.667. The van der Waals surface area contributed by atoms with Crippen molar-refractivity contribution in [2.75, 3.05) is 6.61 Å². The summed E-state index contributed by atoms with van der Waals surface area (Å²) in [7, 11) is 0. The van der Waals surface area contributed by atoms with Crippen LogP contribution < -0.4 is 0 Å². The predicted molar refractivity (Wildman–Crippen MR) is 126 cm³/mol. The number of carbonyl (C=O) groups excluding carboxylic acids is 3. The van der Waals surface area contributed by atoms with Crippen LogP contribution in [0.15, 0.2) is 34.9 Å². The van der Waals surface area contributed by atoms with Gasteiger partial charge in [-0.3, -0.25) is 9.59 Å². The van der Waals surface area contributed by atoms with Crippen LogP contribution in [0.4, 0.5) is 0 Å². The normalized spacial score (nSPS) is 43.7. The van der Waals surface area contributed by atoms with E-state index in [-0.39, 0.29) is 6.42 Å². The Morgan fingerprint density at radius 1 is 1.20 bits per heavy atom. The van der Waals surface area contributed by atoms with Gasteiger partial charge in [-0.05, 0) is 31.9 Å². The minimum Gasteiger partial charge on any atom is -0.454 e. The number of carbonyl (C=O) groups is 3. The number of esters is 2. The van der Waals surface area contributed by atoms with Gasteiger partial charge in [-0.15, -0.1) is 0 Å². The third kappa shape index (κ3) is 3.12. The molecule has 35 heavy (non-hydrogen) atoms. The number of hydrogen-bond acceptors (Lipinski definition) is 8. The Labute approximate surface area is 205 Å². The SMILES string of the molecule is C/C=C(/C)C(=O)O[C@@H]1[C@@H](C)[C@@]2(O)[C@@H](C=C(CO)C[C@]3(O)C(=O)C(C)=C[C@@H]23)[C@@H]2C(C)(C)[C@]12OC(C)=O. The van der Waals surface area contributed by atoms with Crippen LogP contribution in [0.5, 0.6) is 0 Å². The summed E-state index contributed by atoms with van der Waals surface area (Å²) in [6.07, 6.45) is 3.79. The maximum Gasteiger partial charge on any atom is 0.333 e. The first-order valence-electron chi connectivity index (χ1n) is 12.2. The number of allylic oxidation sites excluding steroid dienone is 1. The lowest BCUT2D eigenvalue weighted by Gasteiger charge is -2.53. The van der Waals surface area contributed by atoms with E-state index in [1.165, 1.54) is 6.92 Å². The lowest BCUT2D eigenvalue weighted by atomic mass is 9.59. The Morgan fingerprint density at radius 2 is 1.83 bits per heavy atom. The van der Waals surface area contributed by atoms with Crippen LogP contribution in [0, 0.1) is 29.1 Å². The second kappa shape index (κ2) is 7.85. The molecule has 0 heterocycles. The van der Waals surface area contributed by atoms with E-state index in [1.54, 1.807) is 45.9 Å². The second-order valence-electron chi connectivity index (χ2n) is 11.3. The molecule has 4 rings (SSSR count). The predicted octanol–water partition coefficient (Wildman–Crippen LogP) is 2.02. The van der Waals surface area contributed by atoms with E-state index in [0.717, 1.165) is 0 Å². The lowest BCUT2D eigenvalue weighted by Crippen LogP contribution is -2.66. The molecule has 8 nitrogen and oxygen atoms in total. The Hall–Kier alpha value is -2.29. The zero-order valence-electron chi connectivity index (χ0n) is 21.4. The van der Waals surface area contributed by atoms with Crippen molar-refractivity contribution in [3.63, 3.8) is 0 Å². The van der Waals surface area contributed by atoms with Crippen LogP contribution in [0.25, 0.3) is 0 Å². The van der Waals surface area contributed by atoms with Crippen LogP contribution in [0.2, 0.25) is 0 Å². The molecule has 0 aliphatic heterocycles. The van der Waals surface area contributed by atoms with Gasteiger partial charge in [0.15, 0.2) is 11.4 Å². The number of Topliss-reactive ketones (excluding diaryl/α,β-unsaturated/α-hetero) is 1. The van der Waals surface area contributed by atoms with Gasteiger partial charge < -0.3 is 24.8 Å². The van der Waals surface area contributed by atoms with Crippen molar-refractivity contribution in [1.82, 2.24) is 0 Å². The number of ether oxygens (including phenoxy) is 2. The molecule has 0 aromatic heterocycles. The van der Waals surface area contributed by atoms with Gasteiger partial charge in [0.25, 0.3) is 0 Å². The molecule has 0 bridgehead atoms.